The molecule has 1 fully saturated rings. The first-order valence-electron chi connectivity index (χ1n) is 10.8. The number of allylic oxidation sites excluding steroid dienone is 3. The molecule has 2 aliphatic heterocycles. The van der Waals surface area contributed by atoms with Gasteiger partial charge in [-0.05, 0) is 54.7 Å². The van der Waals surface area contributed by atoms with E-state index in [-0.39, 0.29) is 17.0 Å². The zero-order valence-electron chi connectivity index (χ0n) is 18.1. The number of dihydropyridines is 1. The van der Waals surface area contributed by atoms with Crippen molar-refractivity contribution in [2.75, 3.05) is 13.7 Å². The molecule has 33 heavy (non-hydrogen) atoms. The van der Waals surface area contributed by atoms with Crippen LogP contribution < -0.4 is 26.2 Å². The van der Waals surface area contributed by atoms with Crippen molar-refractivity contribution in [3.63, 3.8) is 0 Å². The number of hydrogen-bond donors (Lipinski definition) is 3. The van der Waals surface area contributed by atoms with Gasteiger partial charge in [0.1, 0.15) is 17.4 Å². The average Bonchev–Trinajstić information content (AvgIpc) is 2.78. The van der Waals surface area contributed by atoms with Gasteiger partial charge in [0.05, 0.1) is 18.4 Å². The number of carbonyl (C=O) groups is 1. The maximum Gasteiger partial charge on any atom is 0.263 e. The fourth-order valence-corrected chi connectivity index (χ4v) is 4.01. The van der Waals surface area contributed by atoms with Gasteiger partial charge in [-0.25, -0.2) is 4.39 Å². The summed E-state index contributed by atoms with van der Waals surface area (Å²) in [5.41, 5.74) is 2.98. The summed E-state index contributed by atoms with van der Waals surface area (Å²) in [4.78, 5) is 26.4. The second-order valence-electron chi connectivity index (χ2n) is 8.07. The topological polar surface area (TPSA) is 84.4 Å². The molecule has 2 aromatic rings. The van der Waals surface area contributed by atoms with E-state index in [1.54, 1.807) is 30.7 Å². The molecule has 1 aromatic carbocycles. The number of pyridine rings is 1. The summed E-state index contributed by atoms with van der Waals surface area (Å²) in [7, 11) is 1.44. The molecular weight excluding hydrogens is 423 g/mol. The maximum absolute atomic E-state index is 14.3. The largest absolute Gasteiger partial charge is 0.497 e. The molecule has 0 spiro atoms. The summed E-state index contributed by atoms with van der Waals surface area (Å²) < 4.78 is 20.9. The Kier molecular flexibility index (Phi) is 5.34. The molecule has 1 aliphatic carbocycles. The molecule has 0 unspecified atom stereocenters. The molecule has 0 bridgehead atoms. The molecule has 1 saturated carbocycles. The molecule has 0 saturated heterocycles. The Balaban J connectivity index is 1.67. The van der Waals surface area contributed by atoms with E-state index >= 15 is 0 Å². The van der Waals surface area contributed by atoms with Gasteiger partial charge in [0.25, 0.3) is 11.5 Å². The predicted molar refractivity (Wildman–Crippen MR) is 124 cm³/mol. The van der Waals surface area contributed by atoms with Gasteiger partial charge < -0.3 is 20.7 Å². The van der Waals surface area contributed by atoms with E-state index in [0.717, 1.165) is 25.1 Å². The molecule has 7 nitrogen and oxygen atoms in total. The van der Waals surface area contributed by atoms with Crippen LogP contribution in [-0.2, 0) is 4.79 Å². The van der Waals surface area contributed by atoms with Crippen molar-refractivity contribution in [1.82, 2.24) is 20.5 Å². The maximum atomic E-state index is 14.3. The van der Waals surface area contributed by atoms with Gasteiger partial charge in [0.15, 0.2) is 0 Å². The van der Waals surface area contributed by atoms with Crippen LogP contribution in [-0.4, -0.2) is 24.1 Å². The third kappa shape index (κ3) is 3.95. The van der Waals surface area contributed by atoms with E-state index in [1.165, 1.54) is 29.4 Å². The first-order chi connectivity index (χ1) is 16.0. The first kappa shape index (κ1) is 20.8. The van der Waals surface area contributed by atoms with E-state index in [2.05, 4.69) is 16.0 Å². The highest BCUT2D eigenvalue weighted by molar-refractivity contribution is 6.20. The van der Waals surface area contributed by atoms with Crippen LogP contribution in [0.5, 0.6) is 5.75 Å². The third-order valence-electron chi connectivity index (χ3n) is 5.95. The number of benzene rings is 1. The van der Waals surface area contributed by atoms with Crippen LogP contribution in [0, 0.1) is 5.82 Å². The second-order valence-corrected chi connectivity index (χ2v) is 8.07. The van der Waals surface area contributed by atoms with Crippen LogP contribution in [0.3, 0.4) is 0 Å². The van der Waals surface area contributed by atoms with Crippen molar-refractivity contribution < 1.29 is 13.9 Å². The van der Waals surface area contributed by atoms with E-state index in [4.69, 9.17) is 4.74 Å². The molecule has 168 valence electrons. The molecule has 1 aromatic heterocycles. The molecule has 8 heteroatoms. The Bertz CT molecular complexity index is 1330. The van der Waals surface area contributed by atoms with Crippen molar-refractivity contribution in [3.8, 4) is 16.9 Å². The summed E-state index contributed by atoms with van der Waals surface area (Å²) in [6, 6.07) is 5.74. The lowest BCUT2D eigenvalue weighted by molar-refractivity contribution is -0.115. The molecular formula is C25H23FN4O3. The zero-order valence-corrected chi connectivity index (χ0v) is 18.1. The van der Waals surface area contributed by atoms with Gasteiger partial charge in [-0.3, -0.25) is 14.2 Å². The van der Waals surface area contributed by atoms with Crippen LogP contribution in [0.1, 0.15) is 24.8 Å². The third-order valence-corrected chi connectivity index (χ3v) is 5.95. The molecule has 3 N–H and O–H groups in total. The number of nitrogens with zero attached hydrogens (tertiary/aromatic N) is 1. The van der Waals surface area contributed by atoms with Crippen molar-refractivity contribution in [3.05, 3.63) is 88.1 Å². The van der Waals surface area contributed by atoms with Crippen molar-refractivity contribution in [2.24, 2.45) is 0 Å². The van der Waals surface area contributed by atoms with Gasteiger partial charge in [-0.15, -0.1) is 0 Å². The quantitative estimate of drug-likeness (QED) is 0.672. The van der Waals surface area contributed by atoms with Crippen LogP contribution in [0.2, 0.25) is 0 Å². The van der Waals surface area contributed by atoms with Crippen molar-refractivity contribution in [1.29, 1.82) is 0 Å². The van der Waals surface area contributed by atoms with Crippen molar-refractivity contribution in [2.45, 2.75) is 19.3 Å². The Morgan fingerprint density at radius 2 is 1.91 bits per heavy atom. The number of ether oxygens (including phenoxy) is 1. The molecule has 0 atom stereocenters. The van der Waals surface area contributed by atoms with Gasteiger partial charge in [-0.1, -0.05) is 6.08 Å². The highest BCUT2D eigenvalue weighted by Gasteiger charge is 2.24. The lowest BCUT2D eigenvalue weighted by Gasteiger charge is -2.26. The number of amides is 1. The number of hydrogen-bond acceptors (Lipinski definition) is 5. The summed E-state index contributed by atoms with van der Waals surface area (Å²) in [6.07, 6.45) is 11.8. The minimum Gasteiger partial charge on any atom is -0.497 e. The monoisotopic (exact) mass is 446 g/mol. The number of aromatic nitrogens is 1. The zero-order chi connectivity index (χ0) is 22.9. The van der Waals surface area contributed by atoms with Gasteiger partial charge in [-0.2, -0.15) is 0 Å². The summed E-state index contributed by atoms with van der Waals surface area (Å²) in [5, 5.41) is 9.18. The molecule has 5 rings (SSSR count). The van der Waals surface area contributed by atoms with Crippen LogP contribution in [0.15, 0.2) is 71.2 Å². The number of methoxy groups -OCH3 is 1. The fraction of sp³-hybridized carbons (Fsp3) is 0.200. The van der Waals surface area contributed by atoms with E-state index < -0.39 is 5.82 Å². The summed E-state index contributed by atoms with van der Waals surface area (Å²) >= 11 is 0. The Morgan fingerprint density at radius 1 is 1.06 bits per heavy atom. The number of halogens is 1. The molecule has 3 aliphatic rings. The minimum atomic E-state index is -0.521. The molecule has 1 amide bonds. The highest BCUT2D eigenvalue weighted by Crippen LogP contribution is 2.30. The number of nitrogens with one attached hydrogen (secondary N) is 3. The lowest BCUT2D eigenvalue weighted by atomic mass is 9.91. The second kappa shape index (κ2) is 8.46. The van der Waals surface area contributed by atoms with Crippen molar-refractivity contribution >= 4 is 17.2 Å². The number of carbonyl (C=O) groups excluding carboxylic acids is 1. The SMILES string of the molecule is COc1cc(F)cc(-c2cc(C3=CNC(=C4CCC4)NC3=O)cn(C3=CNCC=C3)c2=O)c1. The molecule has 3 heterocycles. The summed E-state index contributed by atoms with van der Waals surface area (Å²) in [6.45, 7) is 0.654. The predicted octanol–water partition coefficient (Wildman–Crippen LogP) is 3.08. The smallest absolute Gasteiger partial charge is 0.263 e. The van der Waals surface area contributed by atoms with Crippen LogP contribution >= 0.6 is 0 Å². The van der Waals surface area contributed by atoms with Crippen LogP contribution in [0.25, 0.3) is 22.4 Å². The number of rotatable bonds is 4. The highest BCUT2D eigenvalue weighted by atomic mass is 19.1. The van der Waals surface area contributed by atoms with Crippen LogP contribution in [0.4, 0.5) is 4.39 Å². The lowest BCUT2D eigenvalue weighted by Crippen LogP contribution is -2.37. The Labute approximate surface area is 190 Å². The van der Waals surface area contributed by atoms with Gasteiger partial charge >= 0.3 is 0 Å². The van der Waals surface area contributed by atoms with E-state index in [9.17, 15) is 14.0 Å². The van der Waals surface area contributed by atoms with Gasteiger partial charge in [0.2, 0.25) is 0 Å². The first-order valence-corrected chi connectivity index (χ1v) is 10.8. The summed E-state index contributed by atoms with van der Waals surface area (Å²) in [5.74, 6) is 0.253. The van der Waals surface area contributed by atoms with E-state index in [0.29, 0.717) is 34.7 Å². The Morgan fingerprint density at radius 3 is 2.58 bits per heavy atom. The van der Waals surface area contributed by atoms with E-state index in [1.807, 2.05) is 12.2 Å². The Hall–Kier alpha value is -4.07. The van der Waals surface area contributed by atoms with Gasteiger partial charge in [0, 0.05) is 42.3 Å². The fourth-order valence-electron chi connectivity index (χ4n) is 4.01. The average molecular weight is 446 g/mol. The minimum absolute atomic E-state index is 0.252. The standard InChI is InChI=1S/C25H23FN4O3/c1-33-20-9-16(8-18(26)11-20)21-10-17(14-30(25(21)32)19-6-3-7-27-12-19)22-13-28-23(29-24(22)31)15-4-2-5-15/h3,6,8-14,27-28H,2,4-5,7H2,1H3,(H,29,31). The molecule has 0 radical (unpaired) electrons. The normalized spacial score (nSPS) is 17.3.